The molecule has 0 unspecified atom stereocenters. The molecule has 20 heavy (non-hydrogen) atoms. The van der Waals surface area contributed by atoms with Crippen LogP contribution in [0.5, 0.6) is 0 Å². The van der Waals surface area contributed by atoms with Gasteiger partial charge in [0.1, 0.15) is 0 Å². The molecule has 5 nitrogen and oxygen atoms in total. The lowest BCUT2D eigenvalue weighted by Crippen LogP contribution is -2.39. The normalized spacial score (nSPS) is 9.95. The van der Waals surface area contributed by atoms with E-state index in [1.807, 2.05) is 6.92 Å². The molecule has 0 aromatic heterocycles. The third kappa shape index (κ3) is 3.66. The van der Waals surface area contributed by atoms with Crippen LogP contribution in [0.4, 0.5) is 5.69 Å². The van der Waals surface area contributed by atoms with Gasteiger partial charge in [-0.05, 0) is 32.4 Å². The fraction of sp³-hybridized carbons (Fsp3) is 0.400. The molecule has 0 N–H and O–H groups in total. The average Bonchev–Trinajstić information content (AvgIpc) is 2.44. The lowest BCUT2D eigenvalue weighted by Gasteiger charge is -2.23. The maximum Gasteiger partial charge on any atom is 0.397 e. The molecule has 0 saturated heterocycles. The number of benzene rings is 1. The summed E-state index contributed by atoms with van der Waals surface area (Å²) in [6.45, 7) is 5.44. The Kier molecular flexibility index (Phi) is 5.90. The summed E-state index contributed by atoms with van der Waals surface area (Å²) < 4.78 is 4.74. The molecule has 0 saturated carbocycles. The summed E-state index contributed by atoms with van der Waals surface area (Å²) in [5.74, 6) is -1.81. The molecule has 1 aromatic rings. The maximum atomic E-state index is 12.1. The van der Waals surface area contributed by atoms with E-state index in [0.717, 1.165) is 0 Å². The van der Waals surface area contributed by atoms with Crippen LogP contribution in [0.1, 0.15) is 37.6 Å². The molecule has 0 aliphatic rings. The highest BCUT2D eigenvalue weighted by Gasteiger charge is 2.26. The van der Waals surface area contributed by atoms with Gasteiger partial charge in [-0.2, -0.15) is 0 Å². The first-order valence-corrected chi connectivity index (χ1v) is 6.61. The molecule has 5 heteroatoms. The standard InChI is InChI=1S/C15H19NO4/c1-4-10-16(14(18)15(19)20-5-2)13-9-7-6-8-12(13)11(3)17/h6-9H,4-5,10H2,1-3H3. The first-order valence-electron chi connectivity index (χ1n) is 6.61. The van der Waals surface area contributed by atoms with Crippen LogP contribution >= 0.6 is 0 Å². The number of nitrogens with zero attached hydrogens (tertiary/aromatic N) is 1. The molecule has 0 atom stereocenters. The van der Waals surface area contributed by atoms with Crippen molar-refractivity contribution in [3.63, 3.8) is 0 Å². The van der Waals surface area contributed by atoms with Crippen molar-refractivity contribution >= 4 is 23.3 Å². The molecule has 0 fully saturated rings. The second kappa shape index (κ2) is 7.43. The second-order valence-corrected chi connectivity index (χ2v) is 4.25. The molecule has 1 aromatic carbocycles. The first kappa shape index (κ1) is 15.9. The van der Waals surface area contributed by atoms with E-state index < -0.39 is 11.9 Å². The van der Waals surface area contributed by atoms with Gasteiger partial charge < -0.3 is 9.64 Å². The summed E-state index contributed by atoms with van der Waals surface area (Å²) in [5.41, 5.74) is 0.860. The quantitative estimate of drug-likeness (QED) is 0.470. The number of Topliss-reactive ketones (excluding diaryl/α,β-unsaturated/α-hetero) is 1. The lowest BCUT2D eigenvalue weighted by molar-refractivity contribution is -0.153. The van der Waals surface area contributed by atoms with Gasteiger partial charge in [0.15, 0.2) is 5.78 Å². The van der Waals surface area contributed by atoms with Crippen LogP contribution in [0.3, 0.4) is 0 Å². The Morgan fingerprint density at radius 2 is 1.80 bits per heavy atom. The van der Waals surface area contributed by atoms with E-state index in [1.54, 1.807) is 31.2 Å². The minimum atomic E-state index is -0.903. The van der Waals surface area contributed by atoms with Crippen molar-refractivity contribution in [3.8, 4) is 0 Å². The molecule has 1 rings (SSSR count). The Labute approximate surface area is 118 Å². The Balaban J connectivity index is 3.17. The predicted molar refractivity (Wildman–Crippen MR) is 75.7 cm³/mol. The topological polar surface area (TPSA) is 63.7 Å². The van der Waals surface area contributed by atoms with E-state index in [2.05, 4.69) is 0 Å². The van der Waals surface area contributed by atoms with Crippen molar-refractivity contribution in [2.75, 3.05) is 18.1 Å². The van der Waals surface area contributed by atoms with Gasteiger partial charge in [-0.3, -0.25) is 9.59 Å². The number of carbonyl (C=O) groups excluding carboxylic acids is 3. The molecule has 108 valence electrons. The number of esters is 1. The molecule has 0 aliphatic carbocycles. The van der Waals surface area contributed by atoms with Crippen LogP contribution in [-0.4, -0.2) is 30.8 Å². The van der Waals surface area contributed by atoms with E-state index >= 15 is 0 Å². The van der Waals surface area contributed by atoms with E-state index in [4.69, 9.17) is 4.74 Å². The van der Waals surface area contributed by atoms with Crippen LogP contribution in [0.15, 0.2) is 24.3 Å². The molecule has 0 heterocycles. The number of ketones is 1. The van der Waals surface area contributed by atoms with Crippen LogP contribution in [-0.2, 0) is 14.3 Å². The second-order valence-electron chi connectivity index (χ2n) is 4.25. The summed E-state index contributed by atoms with van der Waals surface area (Å²) in [4.78, 5) is 36.7. The van der Waals surface area contributed by atoms with Crippen molar-refractivity contribution in [2.24, 2.45) is 0 Å². The third-order valence-corrected chi connectivity index (χ3v) is 2.72. The van der Waals surface area contributed by atoms with Crippen LogP contribution < -0.4 is 4.90 Å². The smallest absolute Gasteiger partial charge is 0.397 e. The highest BCUT2D eigenvalue weighted by molar-refractivity contribution is 6.38. The van der Waals surface area contributed by atoms with Gasteiger partial charge in [0, 0.05) is 12.1 Å². The number of hydrogen-bond acceptors (Lipinski definition) is 4. The van der Waals surface area contributed by atoms with Crippen molar-refractivity contribution in [3.05, 3.63) is 29.8 Å². The highest BCUT2D eigenvalue weighted by atomic mass is 16.5. The van der Waals surface area contributed by atoms with Crippen molar-refractivity contribution < 1.29 is 19.1 Å². The number of ether oxygens (including phenoxy) is 1. The summed E-state index contributed by atoms with van der Waals surface area (Å²) in [6.07, 6.45) is 0.664. The Morgan fingerprint density at radius 1 is 1.15 bits per heavy atom. The molecule has 0 bridgehead atoms. The number of para-hydroxylation sites is 1. The Hall–Kier alpha value is -2.17. The van der Waals surface area contributed by atoms with E-state index in [1.165, 1.54) is 11.8 Å². The van der Waals surface area contributed by atoms with Crippen LogP contribution in [0.2, 0.25) is 0 Å². The van der Waals surface area contributed by atoms with Crippen LogP contribution in [0, 0.1) is 0 Å². The van der Waals surface area contributed by atoms with Crippen molar-refractivity contribution in [1.29, 1.82) is 0 Å². The van der Waals surface area contributed by atoms with Gasteiger partial charge in [0.2, 0.25) is 0 Å². The van der Waals surface area contributed by atoms with E-state index in [0.29, 0.717) is 24.2 Å². The molecular weight excluding hydrogens is 258 g/mol. The monoisotopic (exact) mass is 277 g/mol. The fourth-order valence-electron chi connectivity index (χ4n) is 1.86. The number of carbonyl (C=O) groups is 3. The minimum absolute atomic E-state index is 0.138. The van der Waals surface area contributed by atoms with Gasteiger partial charge >= 0.3 is 11.9 Å². The molecule has 0 spiro atoms. The predicted octanol–water partition coefficient (Wildman–Crippen LogP) is 2.20. The summed E-state index contributed by atoms with van der Waals surface area (Å²) >= 11 is 0. The fourth-order valence-corrected chi connectivity index (χ4v) is 1.86. The SMILES string of the molecule is CCCN(C(=O)C(=O)OCC)c1ccccc1C(C)=O. The molecular formula is C15H19NO4. The number of anilines is 1. The number of hydrogen-bond donors (Lipinski definition) is 0. The van der Waals surface area contributed by atoms with Crippen LogP contribution in [0.25, 0.3) is 0 Å². The minimum Gasteiger partial charge on any atom is -0.459 e. The van der Waals surface area contributed by atoms with E-state index in [9.17, 15) is 14.4 Å². The summed E-state index contributed by atoms with van der Waals surface area (Å²) in [6, 6.07) is 6.74. The summed E-state index contributed by atoms with van der Waals surface area (Å²) in [5, 5.41) is 0. The zero-order chi connectivity index (χ0) is 15.1. The maximum absolute atomic E-state index is 12.1. The van der Waals surface area contributed by atoms with Gasteiger partial charge in [0.25, 0.3) is 0 Å². The largest absolute Gasteiger partial charge is 0.459 e. The summed E-state index contributed by atoms with van der Waals surface area (Å²) in [7, 11) is 0. The molecule has 1 amide bonds. The zero-order valence-corrected chi connectivity index (χ0v) is 12.0. The van der Waals surface area contributed by atoms with Gasteiger partial charge in [0.05, 0.1) is 12.3 Å². The third-order valence-electron chi connectivity index (χ3n) is 2.72. The zero-order valence-electron chi connectivity index (χ0n) is 12.0. The molecule has 0 radical (unpaired) electrons. The average molecular weight is 277 g/mol. The van der Waals surface area contributed by atoms with Gasteiger partial charge in [-0.25, -0.2) is 4.79 Å². The lowest BCUT2D eigenvalue weighted by atomic mass is 10.1. The Bertz CT molecular complexity index is 510. The number of amides is 1. The van der Waals surface area contributed by atoms with Gasteiger partial charge in [-0.15, -0.1) is 0 Å². The molecule has 0 aliphatic heterocycles. The van der Waals surface area contributed by atoms with Crippen molar-refractivity contribution in [1.82, 2.24) is 0 Å². The van der Waals surface area contributed by atoms with Gasteiger partial charge in [-0.1, -0.05) is 19.1 Å². The van der Waals surface area contributed by atoms with Crippen molar-refractivity contribution in [2.45, 2.75) is 27.2 Å². The Morgan fingerprint density at radius 3 is 2.35 bits per heavy atom. The first-order chi connectivity index (χ1) is 9.52. The highest BCUT2D eigenvalue weighted by Crippen LogP contribution is 2.21. The number of rotatable bonds is 5. The van der Waals surface area contributed by atoms with E-state index in [-0.39, 0.29) is 12.4 Å².